The summed E-state index contributed by atoms with van der Waals surface area (Å²) in [6.45, 7) is 2.19. The average molecular weight is 409 g/mol. The Balaban J connectivity index is 2.52. The first-order valence-electron chi connectivity index (χ1n) is 10.8. The standard InChI is InChI=1S/C23H36O6/c1-2-3-4-5-6-7-8-9-10-11-12-20(21(25)26)23(29,22(27)28)17-18-13-15-19(24)16-14-18/h13-16,20,24,29H,2-12,17H2,1H3,(H,25,26)(H,27,28). The van der Waals surface area contributed by atoms with Gasteiger partial charge in [0.25, 0.3) is 0 Å². The minimum Gasteiger partial charge on any atom is -0.508 e. The molecule has 0 spiro atoms. The third-order valence-electron chi connectivity index (χ3n) is 5.50. The largest absolute Gasteiger partial charge is 0.508 e. The monoisotopic (exact) mass is 408 g/mol. The lowest BCUT2D eigenvalue weighted by Crippen LogP contribution is -2.51. The van der Waals surface area contributed by atoms with Gasteiger partial charge < -0.3 is 20.4 Å². The van der Waals surface area contributed by atoms with Gasteiger partial charge in [-0.2, -0.15) is 0 Å². The number of rotatable bonds is 16. The second kappa shape index (κ2) is 13.2. The van der Waals surface area contributed by atoms with Gasteiger partial charge in [-0.05, 0) is 24.1 Å². The minimum atomic E-state index is -2.39. The number of aliphatic hydroxyl groups is 1. The van der Waals surface area contributed by atoms with Crippen LogP contribution in [0.1, 0.15) is 83.1 Å². The summed E-state index contributed by atoms with van der Waals surface area (Å²) < 4.78 is 0. The SMILES string of the molecule is CCCCCCCCCCCCC(C(=O)O)C(O)(Cc1ccc(O)cc1)C(=O)O. The fraction of sp³-hybridized carbons (Fsp3) is 0.652. The van der Waals surface area contributed by atoms with Crippen molar-refractivity contribution >= 4 is 11.9 Å². The number of unbranched alkanes of at least 4 members (excludes halogenated alkanes) is 9. The molecule has 29 heavy (non-hydrogen) atoms. The second-order valence-corrected chi connectivity index (χ2v) is 7.93. The molecule has 1 aromatic rings. The summed E-state index contributed by atoms with van der Waals surface area (Å²) in [6, 6.07) is 5.75. The van der Waals surface area contributed by atoms with Gasteiger partial charge in [0.2, 0.25) is 0 Å². The van der Waals surface area contributed by atoms with Crippen LogP contribution < -0.4 is 0 Å². The maximum atomic E-state index is 11.8. The Hall–Kier alpha value is -2.08. The van der Waals surface area contributed by atoms with Gasteiger partial charge in [0.05, 0.1) is 5.92 Å². The van der Waals surface area contributed by atoms with E-state index in [0.29, 0.717) is 12.0 Å². The van der Waals surface area contributed by atoms with Crippen LogP contribution in [0.4, 0.5) is 0 Å². The highest BCUT2D eigenvalue weighted by Crippen LogP contribution is 2.29. The molecule has 4 N–H and O–H groups in total. The molecule has 0 amide bonds. The van der Waals surface area contributed by atoms with Crippen molar-refractivity contribution in [3.8, 4) is 5.75 Å². The lowest BCUT2D eigenvalue weighted by atomic mass is 9.79. The topological polar surface area (TPSA) is 115 Å². The van der Waals surface area contributed by atoms with E-state index in [1.807, 2.05) is 0 Å². The summed E-state index contributed by atoms with van der Waals surface area (Å²) in [6.07, 6.45) is 10.7. The predicted octanol–water partition coefficient (Wildman–Crippen LogP) is 4.76. The molecule has 164 valence electrons. The van der Waals surface area contributed by atoms with Crippen LogP contribution in [0, 0.1) is 5.92 Å². The fourth-order valence-electron chi connectivity index (χ4n) is 3.68. The molecule has 0 saturated heterocycles. The molecule has 0 bridgehead atoms. The maximum absolute atomic E-state index is 11.8. The Morgan fingerprint density at radius 1 is 0.862 bits per heavy atom. The van der Waals surface area contributed by atoms with E-state index < -0.39 is 23.5 Å². The average Bonchev–Trinajstić information content (AvgIpc) is 2.67. The summed E-state index contributed by atoms with van der Waals surface area (Å²) in [5.74, 6) is -4.20. The van der Waals surface area contributed by atoms with Crippen molar-refractivity contribution in [1.29, 1.82) is 0 Å². The van der Waals surface area contributed by atoms with Crippen molar-refractivity contribution in [1.82, 2.24) is 0 Å². The highest BCUT2D eigenvalue weighted by Gasteiger charge is 2.47. The van der Waals surface area contributed by atoms with Gasteiger partial charge in [-0.25, -0.2) is 4.79 Å². The number of carboxylic acid groups (broad SMARTS) is 2. The molecule has 0 saturated carbocycles. The fourth-order valence-corrected chi connectivity index (χ4v) is 3.68. The number of phenolic OH excluding ortho intramolecular Hbond substituents is 1. The smallest absolute Gasteiger partial charge is 0.336 e. The number of hydrogen-bond acceptors (Lipinski definition) is 4. The van der Waals surface area contributed by atoms with Gasteiger partial charge in [-0.1, -0.05) is 83.3 Å². The van der Waals surface area contributed by atoms with E-state index in [9.17, 15) is 30.0 Å². The lowest BCUT2D eigenvalue weighted by Gasteiger charge is -2.30. The molecule has 2 atom stereocenters. The van der Waals surface area contributed by atoms with E-state index in [4.69, 9.17) is 0 Å². The molecular formula is C23H36O6. The van der Waals surface area contributed by atoms with Crippen molar-refractivity contribution in [2.45, 2.75) is 89.6 Å². The van der Waals surface area contributed by atoms with Crippen LogP contribution in [0.2, 0.25) is 0 Å². The van der Waals surface area contributed by atoms with Gasteiger partial charge >= 0.3 is 11.9 Å². The maximum Gasteiger partial charge on any atom is 0.336 e. The van der Waals surface area contributed by atoms with Crippen LogP contribution in [0.5, 0.6) is 5.75 Å². The third kappa shape index (κ3) is 8.86. The van der Waals surface area contributed by atoms with Gasteiger partial charge in [-0.15, -0.1) is 0 Å². The Morgan fingerprint density at radius 3 is 1.79 bits per heavy atom. The third-order valence-corrected chi connectivity index (χ3v) is 5.50. The van der Waals surface area contributed by atoms with Gasteiger partial charge in [-0.3, -0.25) is 4.79 Å². The zero-order valence-electron chi connectivity index (χ0n) is 17.5. The quantitative estimate of drug-likeness (QED) is 0.293. The van der Waals surface area contributed by atoms with Crippen molar-refractivity contribution in [3.63, 3.8) is 0 Å². The Morgan fingerprint density at radius 2 is 1.34 bits per heavy atom. The van der Waals surface area contributed by atoms with Crippen LogP contribution in [0.25, 0.3) is 0 Å². The molecule has 2 unspecified atom stereocenters. The first kappa shape index (κ1) is 25.0. The van der Waals surface area contributed by atoms with Crippen molar-refractivity contribution in [3.05, 3.63) is 29.8 Å². The summed E-state index contributed by atoms with van der Waals surface area (Å²) >= 11 is 0. The van der Waals surface area contributed by atoms with E-state index in [1.165, 1.54) is 62.8 Å². The van der Waals surface area contributed by atoms with Crippen molar-refractivity contribution < 1.29 is 30.0 Å². The number of carbonyl (C=O) groups is 2. The van der Waals surface area contributed by atoms with Gasteiger partial charge in [0.15, 0.2) is 5.60 Å². The normalized spacial score (nSPS) is 14.3. The van der Waals surface area contributed by atoms with Crippen LogP contribution in [0.3, 0.4) is 0 Å². The summed E-state index contributed by atoms with van der Waals surface area (Å²) in [5, 5.41) is 39.2. The van der Waals surface area contributed by atoms with E-state index >= 15 is 0 Å². The molecule has 1 rings (SSSR count). The lowest BCUT2D eigenvalue weighted by molar-refractivity contribution is -0.174. The van der Waals surface area contributed by atoms with Crippen LogP contribution in [-0.2, 0) is 16.0 Å². The second-order valence-electron chi connectivity index (χ2n) is 7.93. The summed E-state index contributed by atoms with van der Waals surface area (Å²) in [5.41, 5.74) is -1.93. The minimum absolute atomic E-state index is 0.0211. The number of carboxylic acids is 2. The predicted molar refractivity (Wildman–Crippen MR) is 112 cm³/mol. The molecule has 0 aliphatic rings. The highest BCUT2D eigenvalue weighted by molar-refractivity contribution is 5.86. The number of aromatic hydroxyl groups is 1. The number of phenols is 1. The zero-order valence-corrected chi connectivity index (χ0v) is 17.5. The molecule has 1 aromatic carbocycles. The van der Waals surface area contributed by atoms with E-state index in [2.05, 4.69) is 6.92 Å². The van der Waals surface area contributed by atoms with Crippen LogP contribution in [0.15, 0.2) is 24.3 Å². The molecule has 6 nitrogen and oxygen atoms in total. The van der Waals surface area contributed by atoms with E-state index in [1.54, 1.807) is 0 Å². The summed E-state index contributed by atoms with van der Waals surface area (Å²) in [4.78, 5) is 23.5. The first-order valence-corrected chi connectivity index (χ1v) is 10.8. The molecule has 6 heteroatoms. The molecule has 0 fully saturated rings. The van der Waals surface area contributed by atoms with E-state index in [0.717, 1.165) is 19.3 Å². The van der Waals surface area contributed by atoms with Gasteiger partial charge in [0.1, 0.15) is 5.75 Å². The molecule has 0 aliphatic heterocycles. The van der Waals surface area contributed by atoms with Crippen molar-refractivity contribution in [2.24, 2.45) is 5.92 Å². The molecular weight excluding hydrogens is 372 g/mol. The molecule has 0 aromatic heterocycles. The molecule has 0 aliphatic carbocycles. The number of aliphatic carboxylic acids is 2. The zero-order chi connectivity index (χ0) is 21.7. The Kier molecular flexibility index (Phi) is 11.4. The molecule has 0 radical (unpaired) electrons. The summed E-state index contributed by atoms with van der Waals surface area (Å²) in [7, 11) is 0. The number of hydrogen-bond donors (Lipinski definition) is 4. The Bertz CT molecular complexity index is 612. The number of benzene rings is 1. The Labute approximate surface area is 173 Å². The first-order chi connectivity index (χ1) is 13.8. The molecule has 0 heterocycles. The van der Waals surface area contributed by atoms with E-state index in [-0.39, 0.29) is 18.6 Å². The van der Waals surface area contributed by atoms with Crippen molar-refractivity contribution in [2.75, 3.05) is 0 Å². The highest BCUT2D eigenvalue weighted by atomic mass is 16.4. The van der Waals surface area contributed by atoms with Crippen LogP contribution in [-0.4, -0.2) is 38.0 Å². The van der Waals surface area contributed by atoms with Gasteiger partial charge in [0, 0.05) is 6.42 Å². The van der Waals surface area contributed by atoms with Crippen LogP contribution >= 0.6 is 0 Å².